The molecule has 5 heterocycles. The summed E-state index contributed by atoms with van der Waals surface area (Å²) in [5.41, 5.74) is 3.21. The summed E-state index contributed by atoms with van der Waals surface area (Å²) in [5, 5.41) is 14.8. The molecule has 27 heavy (non-hydrogen) atoms. The third-order valence-electron chi connectivity index (χ3n) is 6.08. The average Bonchev–Trinajstić information content (AvgIpc) is 3.04. The summed E-state index contributed by atoms with van der Waals surface area (Å²) in [4.78, 5) is 24.0. The van der Waals surface area contributed by atoms with Crippen molar-refractivity contribution in [1.82, 2.24) is 20.1 Å². The number of hydrogen-bond donors (Lipinski definition) is 3. The largest absolute Gasteiger partial charge is 0.483 e. The highest BCUT2D eigenvalue weighted by Crippen LogP contribution is 2.30. The monoisotopic (exact) mass is 370 g/mol. The number of carboxylic acid groups (broad SMARTS) is 1. The predicted molar refractivity (Wildman–Crippen MR) is 103 cm³/mol. The number of benzene rings is 1. The van der Waals surface area contributed by atoms with Gasteiger partial charge in [0, 0.05) is 48.8 Å². The van der Waals surface area contributed by atoms with E-state index in [9.17, 15) is 4.79 Å². The molecule has 144 valence electrons. The smallest absolute Gasteiger partial charge is 0.290 e. The topological polar surface area (TPSA) is 86.6 Å². The Hall–Kier alpha value is -2.38. The van der Waals surface area contributed by atoms with Gasteiger partial charge in [0.15, 0.2) is 0 Å². The van der Waals surface area contributed by atoms with E-state index in [4.69, 9.17) is 9.90 Å². The first-order valence-electron chi connectivity index (χ1n) is 9.64. The van der Waals surface area contributed by atoms with Crippen LogP contribution in [-0.2, 0) is 17.9 Å². The first kappa shape index (κ1) is 18.0. The highest BCUT2D eigenvalue weighted by molar-refractivity contribution is 6.08. The molecule has 1 aromatic heterocycles. The van der Waals surface area contributed by atoms with Crippen LogP contribution in [0.4, 0.5) is 0 Å². The molecule has 2 aromatic rings. The van der Waals surface area contributed by atoms with Crippen LogP contribution in [0.15, 0.2) is 24.3 Å². The third kappa shape index (κ3) is 3.33. The van der Waals surface area contributed by atoms with E-state index in [1.807, 2.05) is 6.07 Å². The van der Waals surface area contributed by atoms with Gasteiger partial charge in [-0.2, -0.15) is 0 Å². The van der Waals surface area contributed by atoms with Gasteiger partial charge in [0.2, 0.25) is 0 Å². The van der Waals surface area contributed by atoms with Gasteiger partial charge in [-0.05, 0) is 37.9 Å². The molecule has 1 aromatic carbocycles. The lowest BCUT2D eigenvalue weighted by Gasteiger charge is -2.44. The number of hydrogen-bond acceptors (Lipinski definition) is 4. The molecule has 1 amide bonds. The minimum Gasteiger partial charge on any atom is -0.483 e. The quantitative estimate of drug-likeness (QED) is 0.693. The molecule has 3 N–H and O–H groups in total. The second-order valence-electron chi connectivity index (χ2n) is 7.49. The summed E-state index contributed by atoms with van der Waals surface area (Å²) in [5.74, 6) is 0.768. The minimum absolute atomic E-state index is 0.113. The van der Waals surface area contributed by atoms with Crippen LogP contribution in [0, 0.1) is 5.92 Å². The maximum Gasteiger partial charge on any atom is 0.290 e. The Kier molecular flexibility index (Phi) is 5.13. The number of rotatable bonds is 2. The Morgan fingerprint density at radius 1 is 1.22 bits per heavy atom. The van der Waals surface area contributed by atoms with Gasteiger partial charge in [0.25, 0.3) is 12.4 Å². The van der Waals surface area contributed by atoms with Crippen molar-refractivity contribution in [2.75, 3.05) is 26.2 Å². The molecule has 0 spiro atoms. The number of aromatic nitrogens is 1. The Morgan fingerprint density at radius 3 is 2.67 bits per heavy atom. The first-order valence-corrected chi connectivity index (χ1v) is 9.64. The minimum atomic E-state index is -0.250. The lowest BCUT2D eigenvalue weighted by molar-refractivity contribution is -0.122. The molecule has 3 saturated heterocycles. The van der Waals surface area contributed by atoms with Crippen LogP contribution in [0.5, 0.6) is 0 Å². The van der Waals surface area contributed by atoms with Crippen molar-refractivity contribution in [2.45, 2.75) is 32.0 Å². The Balaban J connectivity index is 0.000000565. The van der Waals surface area contributed by atoms with Crippen LogP contribution in [0.1, 0.15) is 28.9 Å². The summed E-state index contributed by atoms with van der Waals surface area (Å²) in [7, 11) is 0. The lowest BCUT2D eigenvalue weighted by atomic mass is 9.84. The molecule has 4 aliphatic rings. The van der Waals surface area contributed by atoms with Gasteiger partial charge >= 0.3 is 0 Å². The van der Waals surface area contributed by atoms with E-state index in [1.165, 1.54) is 31.4 Å². The van der Waals surface area contributed by atoms with Crippen molar-refractivity contribution in [1.29, 1.82) is 0 Å². The van der Waals surface area contributed by atoms with Crippen LogP contribution >= 0.6 is 0 Å². The Morgan fingerprint density at radius 2 is 1.96 bits per heavy atom. The number of amides is 1. The van der Waals surface area contributed by atoms with Crippen molar-refractivity contribution in [3.05, 3.63) is 35.5 Å². The maximum atomic E-state index is 13.2. The molecular formula is C20H26N4O3. The summed E-state index contributed by atoms with van der Waals surface area (Å²) < 4.78 is 2.32. The Bertz CT molecular complexity index is 839. The molecule has 4 aliphatic heterocycles. The molecule has 6 rings (SSSR count). The van der Waals surface area contributed by atoms with Crippen molar-refractivity contribution in [3.8, 4) is 0 Å². The number of para-hydroxylation sites is 1. The van der Waals surface area contributed by atoms with Gasteiger partial charge in [0.1, 0.15) is 0 Å². The highest BCUT2D eigenvalue weighted by Gasteiger charge is 2.36. The van der Waals surface area contributed by atoms with Crippen LogP contribution in [-0.4, -0.2) is 59.2 Å². The number of fused-ring (bicyclic) bond motifs is 6. The zero-order valence-corrected chi connectivity index (χ0v) is 15.4. The van der Waals surface area contributed by atoms with Crippen molar-refractivity contribution in [3.63, 3.8) is 0 Å². The Labute approximate surface area is 158 Å². The summed E-state index contributed by atoms with van der Waals surface area (Å²) in [6.07, 6.45) is 2.45. The molecule has 1 atom stereocenters. The van der Waals surface area contributed by atoms with Crippen molar-refractivity contribution >= 4 is 23.3 Å². The van der Waals surface area contributed by atoms with Crippen LogP contribution < -0.4 is 10.6 Å². The van der Waals surface area contributed by atoms with Crippen LogP contribution in [0.25, 0.3) is 10.9 Å². The molecule has 7 nitrogen and oxygen atoms in total. The standard InChI is InChI=1S/C19H24N4O.CH2O2/c24-19(21-15-12-22-8-5-13(15)6-9-22)18-14-3-1-2-4-16(14)23-10-7-20-11-17(18)23;2-1-3/h1-4,13,15,20H,5-12H2,(H,21,24);1H,(H,2,3)/t15-;/m0./s1. The number of nitrogens with zero attached hydrogens (tertiary/aromatic N) is 2. The van der Waals surface area contributed by atoms with E-state index in [1.54, 1.807) is 0 Å². The molecule has 0 aliphatic carbocycles. The molecule has 0 saturated carbocycles. The number of carbonyl (C=O) groups excluding carboxylic acids is 1. The second-order valence-corrected chi connectivity index (χ2v) is 7.49. The van der Waals surface area contributed by atoms with E-state index in [0.29, 0.717) is 12.0 Å². The zero-order valence-electron chi connectivity index (χ0n) is 15.4. The van der Waals surface area contributed by atoms with Crippen molar-refractivity contribution in [2.24, 2.45) is 5.92 Å². The average molecular weight is 370 g/mol. The summed E-state index contributed by atoms with van der Waals surface area (Å²) >= 11 is 0. The zero-order chi connectivity index (χ0) is 18.8. The van der Waals surface area contributed by atoms with Gasteiger partial charge in [-0.15, -0.1) is 0 Å². The normalized spacial score (nSPS) is 26.0. The number of piperidine rings is 3. The molecule has 7 heteroatoms. The second kappa shape index (κ2) is 7.70. The molecule has 0 unspecified atom stereocenters. The molecule has 2 bridgehead atoms. The molecule has 0 radical (unpaired) electrons. The van der Waals surface area contributed by atoms with Gasteiger partial charge in [0.05, 0.1) is 5.56 Å². The summed E-state index contributed by atoms with van der Waals surface area (Å²) in [6.45, 7) is 5.84. The van der Waals surface area contributed by atoms with Crippen LogP contribution in [0.2, 0.25) is 0 Å². The fraction of sp³-hybridized carbons (Fsp3) is 0.500. The van der Waals surface area contributed by atoms with E-state index in [0.717, 1.165) is 42.8 Å². The SMILES string of the molecule is O=C(N[C@H]1CN2CCC1CC2)c1c2n(c3ccccc13)CCNC2.O=CO. The van der Waals surface area contributed by atoms with Crippen LogP contribution in [0.3, 0.4) is 0 Å². The fourth-order valence-electron chi connectivity index (χ4n) is 4.82. The fourth-order valence-corrected chi connectivity index (χ4v) is 4.82. The highest BCUT2D eigenvalue weighted by atomic mass is 16.3. The van der Waals surface area contributed by atoms with E-state index < -0.39 is 0 Å². The lowest BCUT2D eigenvalue weighted by Crippen LogP contribution is -2.57. The van der Waals surface area contributed by atoms with Gasteiger partial charge in [-0.25, -0.2) is 0 Å². The maximum absolute atomic E-state index is 13.2. The number of carbonyl (C=O) groups is 2. The van der Waals surface area contributed by atoms with Gasteiger partial charge in [-0.1, -0.05) is 18.2 Å². The van der Waals surface area contributed by atoms with Gasteiger partial charge in [-0.3, -0.25) is 9.59 Å². The van der Waals surface area contributed by atoms with E-state index >= 15 is 0 Å². The number of nitrogens with one attached hydrogen (secondary N) is 2. The van der Waals surface area contributed by atoms with Crippen molar-refractivity contribution < 1.29 is 14.7 Å². The summed E-state index contributed by atoms with van der Waals surface area (Å²) in [6, 6.07) is 8.63. The van der Waals surface area contributed by atoms with E-state index in [2.05, 4.69) is 38.3 Å². The van der Waals surface area contributed by atoms with E-state index in [-0.39, 0.29) is 12.4 Å². The predicted octanol–water partition coefficient (Wildman–Crippen LogP) is 1.27. The third-order valence-corrected chi connectivity index (χ3v) is 6.08. The van der Waals surface area contributed by atoms with Gasteiger partial charge < -0.3 is 25.2 Å². The molecular weight excluding hydrogens is 344 g/mol. The first-order chi connectivity index (χ1) is 13.2. The molecule has 3 fully saturated rings.